The van der Waals surface area contributed by atoms with Crippen LogP contribution in [0.2, 0.25) is 0 Å². The predicted molar refractivity (Wildman–Crippen MR) is 75.7 cm³/mol. The van der Waals surface area contributed by atoms with Crippen LogP contribution in [0, 0.1) is 0 Å². The van der Waals surface area contributed by atoms with Crippen LogP contribution in [0.3, 0.4) is 0 Å². The van der Waals surface area contributed by atoms with Crippen LogP contribution in [-0.2, 0) is 14.3 Å². The number of nitrogens with one attached hydrogen (secondary N) is 1. The Morgan fingerprint density at radius 2 is 1.95 bits per heavy atom. The number of hydrogen-bond donors (Lipinski definition) is 2. The zero-order valence-electron chi connectivity index (χ0n) is 11.0. The van der Waals surface area contributed by atoms with Gasteiger partial charge in [0.2, 0.25) is 5.91 Å². The van der Waals surface area contributed by atoms with Crippen molar-refractivity contribution in [2.75, 3.05) is 12.3 Å². The van der Waals surface area contributed by atoms with Crippen molar-refractivity contribution in [3.8, 4) is 0 Å². The highest BCUT2D eigenvalue weighted by Crippen LogP contribution is 2.20. The summed E-state index contributed by atoms with van der Waals surface area (Å²) in [5.41, 5.74) is 0. The molecule has 0 aromatic heterocycles. The summed E-state index contributed by atoms with van der Waals surface area (Å²) in [6.45, 7) is 0.538. The van der Waals surface area contributed by atoms with Gasteiger partial charge in [0.15, 0.2) is 6.10 Å². The van der Waals surface area contributed by atoms with E-state index in [2.05, 4.69) is 5.32 Å². The number of amides is 1. The quantitative estimate of drug-likeness (QED) is 0.615. The normalized spacial score (nSPS) is 21.6. The number of aliphatic carboxylic acids is 1. The molecule has 20 heavy (non-hydrogen) atoms. The number of ether oxygens (including phenoxy) is 1. The summed E-state index contributed by atoms with van der Waals surface area (Å²) >= 11 is 1.66. The second-order valence-electron chi connectivity index (χ2n) is 4.48. The molecule has 0 radical (unpaired) electrons. The fourth-order valence-corrected chi connectivity index (χ4v) is 2.77. The van der Waals surface area contributed by atoms with Crippen LogP contribution in [0.4, 0.5) is 0 Å². The number of hydrogen-bond acceptors (Lipinski definition) is 4. The van der Waals surface area contributed by atoms with Crippen molar-refractivity contribution in [3.63, 3.8) is 0 Å². The second-order valence-corrected chi connectivity index (χ2v) is 5.65. The molecule has 0 aliphatic carbocycles. The third-order valence-electron chi connectivity index (χ3n) is 3.00. The molecular formula is C14H17NO4S. The van der Waals surface area contributed by atoms with E-state index in [9.17, 15) is 9.59 Å². The Morgan fingerprint density at radius 3 is 2.60 bits per heavy atom. The average molecular weight is 295 g/mol. The van der Waals surface area contributed by atoms with Gasteiger partial charge >= 0.3 is 5.97 Å². The van der Waals surface area contributed by atoms with E-state index in [4.69, 9.17) is 9.84 Å². The lowest BCUT2D eigenvalue weighted by atomic mass is 10.2. The van der Waals surface area contributed by atoms with Crippen LogP contribution in [0.15, 0.2) is 35.2 Å². The van der Waals surface area contributed by atoms with Gasteiger partial charge in [-0.2, -0.15) is 0 Å². The first-order valence-electron chi connectivity index (χ1n) is 6.50. The number of thioether (sulfide) groups is 1. The Kier molecular flexibility index (Phi) is 5.43. The molecule has 1 fully saturated rings. The monoisotopic (exact) mass is 295 g/mol. The minimum Gasteiger partial charge on any atom is -0.479 e. The van der Waals surface area contributed by atoms with Crippen molar-refractivity contribution in [2.24, 2.45) is 0 Å². The van der Waals surface area contributed by atoms with E-state index in [0.717, 1.165) is 10.6 Å². The van der Waals surface area contributed by atoms with Crippen LogP contribution in [0.25, 0.3) is 0 Å². The third kappa shape index (κ3) is 4.25. The van der Waals surface area contributed by atoms with E-state index >= 15 is 0 Å². The fraction of sp³-hybridized carbons (Fsp3) is 0.429. The van der Waals surface area contributed by atoms with Crippen molar-refractivity contribution in [3.05, 3.63) is 30.3 Å². The summed E-state index contributed by atoms with van der Waals surface area (Å²) in [6.07, 6.45) is -0.608. The van der Waals surface area contributed by atoms with Gasteiger partial charge in [0.25, 0.3) is 0 Å². The fourth-order valence-electron chi connectivity index (χ4n) is 1.99. The zero-order chi connectivity index (χ0) is 14.4. The maximum absolute atomic E-state index is 11.8. The molecule has 1 aliphatic rings. The molecule has 6 heteroatoms. The number of rotatable bonds is 6. The van der Waals surface area contributed by atoms with Gasteiger partial charge in [-0.1, -0.05) is 18.2 Å². The Balaban J connectivity index is 1.65. The molecule has 1 aromatic carbocycles. The summed E-state index contributed by atoms with van der Waals surface area (Å²) in [5.74, 6) is -0.451. The van der Waals surface area contributed by atoms with Gasteiger partial charge < -0.3 is 15.2 Å². The lowest BCUT2D eigenvalue weighted by molar-refractivity contribution is -0.151. The van der Waals surface area contributed by atoms with Crippen LogP contribution in [-0.4, -0.2) is 41.5 Å². The Morgan fingerprint density at radius 1 is 1.25 bits per heavy atom. The summed E-state index contributed by atoms with van der Waals surface area (Å²) in [5, 5.41) is 11.6. The van der Waals surface area contributed by atoms with E-state index in [1.807, 2.05) is 30.3 Å². The maximum Gasteiger partial charge on any atom is 0.332 e. The smallest absolute Gasteiger partial charge is 0.332 e. The largest absolute Gasteiger partial charge is 0.479 e. The van der Waals surface area contributed by atoms with Crippen LogP contribution in [0.5, 0.6) is 0 Å². The van der Waals surface area contributed by atoms with Crippen LogP contribution >= 0.6 is 11.8 Å². The predicted octanol–water partition coefficient (Wildman–Crippen LogP) is 1.53. The number of carboxylic acid groups (broad SMARTS) is 1. The molecule has 2 rings (SSSR count). The third-order valence-corrected chi connectivity index (χ3v) is 4.01. The van der Waals surface area contributed by atoms with Crippen molar-refractivity contribution >= 4 is 23.6 Å². The Bertz CT molecular complexity index is 466. The standard InChI is InChI=1S/C14H17NO4S/c16-13(11-6-7-12(19-11)14(17)18)15-8-9-20-10-4-2-1-3-5-10/h1-5,11-12H,6-9H2,(H,15,16)(H,17,18). The zero-order valence-corrected chi connectivity index (χ0v) is 11.8. The molecule has 1 aliphatic heterocycles. The number of carbonyl (C=O) groups is 2. The lowest BCUT2D eigenvalue weighted by Crippen LogP contribution is -2.36. The summed E-state index contributed by atoms with van der Waals surface area (Å²) < 4.78 is 5.18. The first-order valence-corrected chi connectivity index (χ1v) is 7.49. The number of benzene rings is 1. The lowest BCUT2D eigenvalue weighted by Gasteiger charge is -2.11. The molecule has 2 N–H and O–H groups in total. The Hall–Kier alpha value is -1.53. The van der Waals surface area contributed by atoms with E-state index in [-0.39, 0.29) is 5.91 Å². The van der Waals surface area contributed by atoms with Crippen LogP contribution in [0.1, 0.15) is 12.8 Å². The molecule has 0 saturated carbocycles. The van der Waals surface area contributed by atoms with Gasteiger partial charge in [-0.15, -0.1) is 11.8 Å². The minimum atomic E-state index is -1.00. The molecule has 1 heterocycles. The SMILES string of the molecule is O=C(O)C1CCC(C(=O)NCCSc2ccccc2)O1. The highest BCUT2D eigenvalue weighted by molar-refractivity contribution is 7.99. The van der Waals surface area contributed by atoms with Crippen molar-refractivity contribution in [2.45, 2.75) is 29.9 Å². The molecule has 1 saturated heterocycles. The van der Waals surface area contributed by atoms with E-state index in [1.165, 1.54) is 0 Å². The van der Waals surface area contributed by atoms with Gasteiger partial charge in [0, 0.05) is 17.2 Å². The minimum absolute atomic E-state index is 0.220. The molecular weight excluding hydrogens is 278 g/mol. The van der Waals surface area contributed by atoms with E-state index in [1.54, 1.807) is 11.8 Å². The number of carbonyl (C=O) groups excluding carboxylic acids is 1. The van der Waals surface area contributed by atoms with Gasteiger partial charge in [-0.05, 0) is 25.0 Å². The molecule has 1 amide bonds. The topological polar surface area (TPSA) is 75.6 Å². The first-order chi connectivity index (χ1) is 9.66. The summed E-state index contributed by atoms with van der Waals surface area (Å²) in [6, 6.07) is 9.94. The average Bonchev–Trinajstić information content (AvgIpc) is 2.94. The summed E-state index contributed by atoms with van der Waals surface area (Å²) in [7, 11) is 0. The number of carboxylic acids is 1. The highest BCUT2D eigenvalue weighted by atomic mass is 32.2. The molecule has 2 atom stereocenters. The van der Waals surface area contributed by atoms with Crippen molar-refractivity contribution in [1.82, 2.24) is 5.32 Å². The van der Waals surface area contributed by atoms with Gasteiger partial charge in [0.05, 0.1) is 0 Å². The van der Waals surface area contributed by atoms with E-state index in [0.29, 0.717) is 19.4 Å². The molecule has 2 unspecified atom stereocenters. The van der Waals surface area contributed by atoms with E-state index < -0.39 is 18.2 Å². The molecule has 1 aromatic rings. The molecule has 0 spiro atoms. The highest BCUT2D eigenvalue weighted by Gasteiger charge is 2.34. The van der Waals surface area contributed by atoms with Gasteiger partial charge in [-0.3, -0.25) is 4.79 Å². The maximum atomic E-state index is 11.8. The van der Waals surface area contributed by atoms with Crippen molar-refractivity contribution in [1.29, 1.82) is 0 Å². The van der Waals surface area contributed by atoms with Crippen LogP contribution < -0.4 is 5.32 Å². The van der Waals surface area contributed by atoms with Gasteiger partial charge in [0.1, 0.15) is 6.10 Å². The van der Waals surface area contributed by atoms with Gasteiger partial charge in [-0.25, -0.2) is 4.79 Å². The Labute approximate surface area is 121 Å². The molecule has 5 nitrogen and oxygen atoms in total. The first kappa shape index (κ1) is 14.9. The second kappa shape index (κ2) is 7.31. The molecule has 0 bridgehead atoms. The molecule has 108 valence electrons. The van der Waals surface area contributed by atoms with Crippen molar-refractivity contribution < 1.29 is 19.4 Å². The summed E-state index contributed by atoms with van der Waals surface area (Å²) in [4.78, 5) is 23.7.